The molecule has 0 aromatic rings. The Morgan fingerprint density at radius 3 is 2.35 bits per heavy atom. The van der Waals surface area contributed by atoms with Gasteiger partial charge in [0, 0.05) is 0 Å². The third-order valence-electron chi connectivity index (χ3n) is 4.91. The monoisotopic (exact) mass is 254 g/mol. The van der Waals surface area contributed by atoms with E-state index in [1.54, 1.807) is 25.7 Å². The first-order chi connectivity index (χ1) is 7.99. The maximum atomic E-state index is 2.39. The summed E-state index contributed by atoms with van der Waals surface area (Å²) in [5.74, 6) is 1.08. The fraction of sp³-hybridized carbons (Fsp3) is 1.00. The van der Waals surface area contributed by atoms with Gasteiger partial charge in [0.1, 0.15) is 0 Å². The van der Waals surface area contributed by atoms with Crippen molar-refractivity contribution >= 4 is 8.58 Å². The molecule has 0 saturated heterocycles. The third-order valence-corrected chi connectivity index (χ3v) is 6.51. The quantitative estimate of drug-likeness (QED) is 0.575. The topological polar surface area (TPSA) is 0 Å². The lowest BCUT2D eigenvalue weighted by Crippen LogP contribution is -2.26. The van der Waals surface area contributed by atoms with E-state index in [0.29, 0.717) is 5.16 Å². The first kappa shape index (κ1) is 13.9. The summed E-state index contributed by atoms with van der Waals surface area (Å²) < 4.78 is 0. The van der Waals surface area contributed by atoms with Crippen LogP contribution >= 0.6 is 8.58 Å². The van der Waals surface area contributed by atoms with Crippen molar-refractivity contribution in [1.82, 2.24) is 0 Å². The SMILES string of the molecule is CC(C)(C)PCCC1CCCC2(CCCC2)C1. The third kappa shape index (κ3) is 4.23. The van der Waals surface area contributed by atoms with Crippen molar-refractivity contribution in [2.75, 3.05) is 6.16 Å². The molecule has 2 unspecified atom stereocenters. The van der Waals surface area contributed by atoms with Crippen LogP contribution < -0.4 is 0 Å². The van der Waals surface area contributed by atoms with E-state index in [4.69, 9.17) is 0 Å². The van der Waals surface area contributed by atoms with E-state index in [0.717, 1.165) is 19.9 Å². The Hall–Kier alpha value is 0.430. The van der Waals surface area contributed by atoms with Gasteiger partial charge < -0.3 is 0 Å². The van der Waals surface area contributed by atoms with Crippen LogP contribution in [0, 0.1) is 11.3 Å². The van der Waals surface area contributed by atoms with Crippen molar-refractivity contribution in [3.63, 3.8) is 0 Å². The Kier molecular flexibility index (Phi) is 4.56. The lowest BCUT2D eigenvalue weighted by Gasteiger charge is -2.38. The van der Waals surface area contributed by atoms with Gasteiger partial charge in [-0.15, -0.1) is 8.58 Å². The van der Waals surface area contributed by atoms with Crippen LogP contribution in [0.5, 0.6) is 0 Å². The van der Waals surface area contributed by atoms with Gasteiger partial charge in [0.25, 0.3) is 0 Å². The van der Waals surface area contributed by atoms with Crippen LogP contribution in [0.25, 0.3) is 0 Å². The number of rotatable bonds is 3. The summed E-state index contributed by atoms with van der Waals surface area (Å²) in [6.07, 6.45) is 15.4. The molecule has 100 valence electrons. The molecule has 2 aliphatic rings. The number of hydrogen-bond donors (Lipinski definition) is 0. The Labute approximate surface area is 110 Å². The summed E-state index contributed by atoms with van der Waals surface area (Å²) in [7, 11) is 1.16. The van der Waals surface area contributed by atoms with E-state index >= 15 is 0 Å². The summed E-state index contributed by atoms with van der Waals surface area (Å²) in [6, 6.07) is 0. The Bertz CT molecular complexity index is 232. The Morgan fingerprint density at radius 1 is 1.06 bits per heavy atom. The van der Waals surface area contributed by atoms with Crippen LogP contribution in [0.2, 0.25) is 0 Å². The van der Waals surface area contributed by atoms with E-state index in [9.17, 15) is 0 Å². The molecule has 0 amide bonds. The van der Waals surface area contributed by atoms with Gasteiger partial charge in [-0.25, -0.2) is 0 Å². The minimum atomic E-state index is 0.569. The van der Waals surface area contributed by atoms with Crippen LogP contribution in [0.15, 0.2) is 0 Å². The van der Waals surface area contributed by atoms with Gasteiger partial charge in [-0.2, -0.15) is 0 Å². The first-order valence-corrected chi connectivity index (χ1v) is 8.95. The number of hydrogen-bond acceptors (Lipinski definition) is 0. The van der Waals surface area contributed by atoms with Gasteiger partial charge in [-0.3, -0.25) is 0 Å². The van der Waals surface area contributed by atoms with Crippen molar-refractivity contribution in [2.24, 2.45) is 11.3 Å². The highest BCUT2D eigenvalue weighted by atomic mass is 31.1. The predicted molar refractivity (Wildman–Crippen MR) is 80.4 cm³/mol. The van der Waals surface area contributed by atoms with Gasteiger partial charge in [0.2, 0.25) is 0 Å². The highest BCUT2D eigenvalue weighted by molar-refractivity contribution is 7.39. The van der Waals surface area contributed by atoms with E-state index in [1.165, 1.54) is 38.3 Å². The highest BCUT2D eigenvalue weighted by Gasteiger charge is 2.38. The smallest absolute Gasteiger partial charge is 0.0207 e. The molecule has 2 atom stereocenters. The molecule has 2 rings (SSSR count). The second-order valence-corrected chi connectivity index (χ2v) is 9.99. The molecule has 2 aliphatic carbocycles. The van der Waals surface area contributed by atoms with Crippen LogP contribution in [-0.2, 0) is 0 Å². The average molecular weight is 254 g/mol. The van der Waals surface area contributed by atoms with Crippen molar-refractivity contribution in [3.8, 4) is 0 Å². The average Bonchev–Trinajstić information content (AvgIpc) is 2.64. The van der Waals surface area contributed by atoms with Crippen molar-refractivity contribution in [3.05, 3.63) is 0 Å². The minimum Gasteiger partial charge on any atom is -0.116 e. The van der Waals surface area contributed by atoms with E-state index < -0.39 is 0 Å². The molecule has 0 heterocycles. The molecule has 2 fully saturated rings. The molecular weight excluding hydrogens is 223 g/mol. The summed E-state index contributed by atoms with van der Waals surface area (Å²) in [6.45, 7) is 7.18. The first-order valence-electron chi connectivity index (χ1n) is 7.74. The fourth-order valence-electron chi connectivity index (χ4n) is 4.06. The van der Waals surface area contributed by atoms with Crippen LogP contribution in [0.3, 0.4) is 0 Å². The predicted octanol–water partition coefficient (Wildman–Crippen LogP) is 5.60. The molecule has 1 heteroatoms. The molecule has 0 bridgehead atoms. The van der Waals surface area contributed by atoms with Gasteiger partial charge in [-0.05, 0) is 54.8 Å². The molecule has 0 nitrogen and oxygen atoms in total. The van der Waals surface area contributed by atoms with Crippen molar-refractivity contribution in [2.45, 2.75) is 83.7 Å². The van der Waals surface area contributed by atoms with Crippen LogP contribution in [0.4, 0.5) is 0 Å². The van der Waals surface area contributed by atoms with Gasteiger partial charge >= 0.3 is 0 Å². The minimum absolute atomic E-state index is 0.569. The summed E-state index contributed by atoms with van der Waals surface area (Å²) in [4.78, 5) is 0. The lowest BCUT2D eigenvalue weighted by atomic mass is 9.68. The molecule has 0 aromatic heterocycles. The Balaban J connectivity index is 1.74. The summed E-state index contributed by atoms with van der Waals surface area (Å²) >= 11 is 0. The molecule has 0 aliphatic heterocycles. The molecule has 0 radical (unpaired) electrons. The molecule has 0 N–H and O–H groups in total. The molecule has 1 spiro atoms. The van der Waals surface area contributed by atoms with Crippen molar-refractivity contribution in [1.29, 1.82) is 0 Å². The second kappa shape index (κ2) is 5.60. The van der Waals surface area contributed by atoms with E-state index in [2.05, 4.69) is 20.8 Å². The van der Waals surface area contributed by atoms with Gasteiger partial charge in [0.15, 0.2) is 0 Å². The maximum absolute atomic E-state index is 2.39. The zero-order chi connectivity index (χ0) is 12.4. The Morgan fingerprint density at radius 2 is 1.71 bits per heavy atom. The zero-order valence-corrected chi connectivity index (χ0v) is 13.1. The fourth-order valence-corrected chi connectivity index (χ4v) is 5.36. The second-order valence-electron chi connectivity index (χ2n) is 7.63. The van der Waals surface area contributed by atoms with E-state index in [-0.39, 0.29) is 0 Å². The normalized spacial score (nSPS) is 29.5. The van der Waals surface area contributed by atoms with E-state index in [1.807, 2.05) is 0 Å². The zero-order valence-electron chi connectivity index (χ0n) is 12.1. The van der Waals surface area contributed by atoms with Gasteiger partial charge in [0.05, 0.1) is 0 Å². The lowest BCUT2D eigenvalue weighted by molar-refractivity contribution is 0.142. The molecule has 2 saturated carbocycles. The highest BCUT2D eigenvalue weighted by Crippen LogP contribution is 2.51. The summed E-state index contributed by atoms with van der Waals surface area (Å²) in [5, 5.41) is 0.569. The van der Waals surface area contributed by atoms with Crippen molar-refractivity contribution < 1.29 is 0 Å². The van der Waals surface area contributed by atoms with Crippen LogP contribution in [-0.4, -0.2) is 11.3 Å². The van der Waals surface area contributed by atoms with Crippen LogP contribution in [0.1, 0.15) is 78.6 Å². The molecule has 17 heavy (non-hydrogen) atoms. The summed E-state index contributed by atoms with van der Waals surface area (Å²) in [5.41, 5.74) is 0.827. The maximum Gasteiger partial charge on any atom is -0.0207 e. The molecular formula is C16H31P. The van der Waals surface area contributed by atoms with Gasteiger partial charge in [-0.1, -0.05) is 46.5 Å². The largest absolute Gasteiger partial charge is 0.116 e. The molecule has 0 aromatic carbocycles. The standard InChI is InChI=1S/C16H31P/c1-15(2,3)17-12-8-14-7-6-11-16(13-14)9-4-5-10-16/h14,17H,4-13H2,1-3H3.